The van der Waals surface area contributed by atoms with Crippen LogP contribution in [-0.2, 0) is 20.8 Å². The number of primary amides is 1. The average Bonchev–Trinajstić information content (AvgIpc) is 3.37. The topological polar surface area (TPSA) is 129 Å². The number of nitrogens with one attached hydrogen (secondary N) is 4. The van der Waals surface area contributed by atoms with Crippen LogP contribution in [0.25, 0.3) is 10.9 Å². The standard InChI is InChI=1S/C22H31N5O3/c1-13(2)10-18(20(23)28)26-22(30)19(27-21(29)17-8-5-9-24-17)11-14-12-25-16-7-4-3-6-15(14)16/h3-4,6-7,12-13,17-19,24-25H,5,8-11H2,1-2H3,(H2,23,28)(H,26,30)(H,27,29). The van der Waals surface area contributed by atoms with Crippen molar-refractivity contribution in [1.29, 1.82) is 0 Å². The summed E-state index contributed by atoms with van der Waals surface area (Å²) in [5.74, 6) is -0.998. The molecule has 3 atom stereocenters. The maximum atomic E-state index is 13.1. The van der Waals surface area contributed by atoms with Crippen molar-refractivity contribution < 1.29 is 14.4 Å². The zero-order chi connectivity index (χ0) is 21.7. The first-order valence-corrected chi connectivity index (χ1v) is 10.5. The Balaban J connectivity index is 1.79. The second kappa shape index (κ2) is 9.75. The molecule has 0 radical (unpaired) electrons. The molecule has 1 aliphatic rings. The second-order valence-corrected chi connectivity index (χ2v) is 8.37. The summed E-state index contributed by atoms with van der Waals surface area (Å²) in [7, 11) is 0. The molecule has 3 amide bonds. The van der Waals surface area contributed by atoms with Crippen LogP contribution in [0, 0.1) is 5.92 Å². The van der Waals surface area contributed by atoms with E-state index < -0.39 is 23.9 Å². The monoisotopic (exact) mass is 413 g/mol. The van der Waals surface area contributed by atoms with Gasteiger partial charge in [0.05, 0.1) is 6.04 Å². The first-order chi connectivity index (χ1) is 14.3. The lowest BCUT2D eigenvalue weighted by Crippen LogP contribution is -2.56. The van der Waals surface area contributed by atoms with Crippen molar-refractivity contribution in [2.45, 2.75) is 57.7 Å². The van der Waals surface area contributed by atoms with Gasteiger partial charge in [0.2, 0.25) is 17.7 Å². The fraction of sp³-hybridized carbons (Fsp3) is 0.500. The molecule has 1 saturated heterocycles. The third-order valence-corrected chi connectivity index (χ3v) is 5.48. The number of benzene rings is 1. The maximum Gasteiger partial charge on any atom is 0.243 e. The van der Waals surface area contributed by atoms with Crippen molar-refractivity contribution in [3.63, 3.8) is 0 Å². The summed E-state index contributed by atoms with van der Waals surface area (Å²) in [5, 5.41) is 9.77. The van der Waals surface area contributed by atoms with Gasteiger partial charge in [-0.3, -0.25) is 14.4 Å². The molecular weight excluding hydrogens is 382 g/mol. The van der Waals surface area contributed by atoms with Gasteiger partial charge in [0, 0.05) is 23.5 Å². The molecule has 8 nitrogen and oxygen atoms in total. The Kier molecular flexibility index (Phi) is 7.10. The van der Waals surface area contributed by atoms with Crippen LogP contribution in [0.5, 0.6) is 0 Å². The molecule has 3 rings (SSSR count). The number of para-hydroxylation sites is 1. The number of H-pyrrole nitrogens is 1. The second-order valence-electron chi connectivity index (χ2n) is 8.37. The SMILES string of the molecule is CC(C)CC(NC(=O)C(Cc1c[nH]c2ccccc12)NC(=O)C1CCCN1)C(N)=O. The van der Waals surface area contributed by atoms with Gasteiger partial charge in [-0.05, 0) is 43.4 Å². The third-order valence-electron chi connectivity index (χ3n) is 5.48. The Hall–Kier alpha value is -2.87. The molecule has 0 aliphatic carbocycles. The van der Waals surface area contributed by atoms with Crippen molar-refractivity contribution in [1.82, 2.24) is 20.9 Å². The number of carbonyl (C=O) groups is 3. The molecular formula is C22H31N5O3. The van der Waals surface area contributed by atoms with E-state index in [-0.39, 0.29) is 17.9 Å². The first kappa shape index (κ1) is 21.8. The molecule has 0 spiro atoms. The summed E-state index contributed by atoms with van der Waals surface area (Å²) in [5.41, 5.74) is 7.37. The summed E-state index contributed by atoms with van der Waals surface area (Å²) in [6, 6.07) is 5.91. The van der Waals surface area contributed by atoms with Crippen LogP contribution in [0.15, 0.2) is 30.5 Å². The highest BCUT2D eigenvalue weighted by Crippen LogP contribution is 2.19. The van der Waals surface area contributed by atoms with Gasteiger partial charge in [0.15, 0.2) is 0 Å². The predicted octanol–water partition coefficient (Wildman–Crippen LogP) is 0.963. The molecule has 30 heavy (non-hydrogen) atoms. The molecule has 1 fully saturated rings. The number of rotatable bonds is 9. The highest BCUT2D eigenvalue weighted by atomic mass is 16.2. The zero-order valence-electron chi connectivity index (χ0n) is 17.5. The quantitative estimate of drug-likeness (QED) is 0.419. The van der Waals surface area contributed by atoms with E-state index in [1.165, 1.54) is 0 Å². The molecule has 1 aromatic carbocycles. The van der Waals surface area contributed by atoms with Gasteiger partial charge in [-0.25, -0.2) is 0 Å². The summed E-state index contributed by atoms with van der Waals surface area (Å²) in [6.07, 6.45) is 4.27. The fourth-order valence-corrected chi connectivity index (χ4v) is 3.90. The molecule has 6 N–H and O–H groups in total. The van der Waals surface area contributed by atoms with Crippen LogP contribution in [0.2, 0.25) is 0 Å². The van der Waals surface area contributed by atoms with Crippen LogP contribution in [0.3, 0.4) is 0 Å². The van der Waals surface area contributed by atoms with E-state index in [0.717, 1.165) is 35.9 Å². The van der Waals surface area contributed by atoms with Gasteiger partial charge in [-0.2, -0.15) is 0 Å². The van der Waals surface area contributed by atoms with Gasteiger partial charge in [0.25, 0.3) is 0 Å². The largest absolute Gasteiger partial charge is 0.368 e. The van der Waals surface area contributed by atoms with Crippen LogP contribution in [-0.4, -0.2) is 47.4 Å². The van der Waals surface area contributed by atoms with Gasteiger partial charge < -0.3 is 26.7 Å². The Bertz CT molecular complexity index is 901. The highest BCUT2D eigenvalue weighted by Gasteiger charge is 2.30. The average molecular weight is 414 g/mol. The number of aromatic amines is 1. The predicted molar refractivity (Wildman–Crippen MR) is 116 cm³/mol. The minimum Gasteiger partial charge on any atom is -0.368 e. The number of aromatic nitrogens is 1. The van der Waals surface area contributed by atoms with Crippen LogP contribution in [0.1, 0.15) is 38.7 Å². The Morgan fingerprint density at radius 3 is 2.60 bits per heavy atom. The number of fused-ring (bicyclic) bond motifs is 1. The number of hydrogen-bond acceptors (Lipinski definition) is 4. The van der Waals surface area contributed by atoms with E-state index >= 15 is 0 Å². The van der Waals surface area contributed by atoms with Gasteiger partial charge in [0.1, 0.15) is 12.1 Å². The molecule has 1 aliphatic heterocycles. The molecule has 162 valence electrons. The molecule has 1 aromatic heterocycles. The number of amides is 3. The normalized spacial score (nSPS) is 18.3. The molecule has 2 heterocycles. The van der Waals surface area contributed by atoms with Crippen LogP contribution < -0.4 is 21.7 Å². The van der Waals surface area contributed by atoms with Gasteiger partial charge >= 0.3 is 0 Å². The third kappa shape index (κ3) is 5.38. The van der Waals surface area contributed by atoms with E-state index in [0.29, 0.717) is 12.8 Å². The van der Waals surface area contributed by atoms with Crippen LogP contribution in [0.4, 0.5) is 0 Å². The van der Waals surface area contributed by atoms with Crippen LogP contribution >= 0.6 is 0 Å². The molecule has 8 heteroatoms. The summed E-state index contributed by atoms with van der Waals surface area (Å²) in [6.45, 7) is 4.70. The lowest BCUT2D eigenvalue weighted by molar-refractivity contribution is -0.132. The summed E-state index contributed by atoms with van der Waals surface area (Å²) < 4.78 is 0. The first-order valence-electron chi connectivity index (χ1n) is 10.5. The summed E-state index contributed by atoms with van der Waals surface area (Å²) in [4.78, 5) is 40.8. The van der Waals surface area contributed by atoms with E-state index in [1.54, 1.807) is 0 Å². The van der Waals surface area contributed by atoms with Crippen molar-refractivity contribution in [3.8, 4) is 0 Å². The molecule has 0 bridgehead atoms. The van der Waals surface area contributed by atoms with Gasteiger partial charge in [-0.1, -0.05) is 32.0 Å². The smallest absolute Gasteiger partial charge is 0.243 e. The van der Waals surface area contributed by atoms with Crippen molar-refractivity contribution >= 4 is 28.6 Å². The molecule has 2 aromatic rings. The fourth-order valence-electron chi connectivity index (χ4n) is 3.90. The minimum absolute atomic E-state index is 0.187. The number of nitrogens with two attached hydrogens (primary N) is 1. The van der Waals surface area contributed by atoms with E-state index in [2.05, 4.69) is 20.9 Å². The number of hydrogen-bond donors (Lipinski definition) is 5. The molecule has 3 unspecified atom stereocenters. The lowest BCUT2D eigenvalue weighted by Gasteiger charge is -2.24. The number of carbonyl (C=O) groups excluding carboxylic acids is 3. The minimum atomic E-state index is -0.812. The lowest BCUT2D eigenvalue weighted by atomic mass is 10.0. The Morgan fingerprint density at radius 2 is 1.93 bits per heavy atom. The Labute approximate surface area is 176 Å². The highest BCUT2D eigenvalue weighted by molar-refractivity contribution is 5.93. The van der Waals surface area contributed by atoms with E-state index in [9.17, 15) is 14.4 Å². The Morgan fingerprint density at radius 1 is 1.17 bits per heavy atom. The van der Waals surface area contributed by atoms with Crippen molar-refractivity contribution in [2.24, 2.45) is 11.7 Å². The van der Waals surface area contributed by atoms with Crippen molar-refractivity contribution in [2.75, 3.05) is 6.54 Å². The molecule has 0 saturated carbocycles. The van der Waals surface area contributed by atoms with Crippen molar-refractivity contribution in [3.05, 3.63) is 36.0 Å². The summed E-state index contributed by atoms with van der Waals surface area (Å²) >= 11 is 0. The van der Waals surface area contributed by atoms with Gasteiger partial charge in [-0.15, -0.1) is 0 Å². The zero-order valence-corrected chi connectivity index (χ0v) is 17.5. The van der Waals surface area contributed by atoms with E-state index in [4.69, 9.17) is 5.73 Å². The van der Waals surface area contributed by atoms with E-state index in [1.807, 2.05) is 44.3 Å². The maximum absolute atomic E-state index is 13.1.